The van der Waals surface area contributed by atoms with E-state index in [1.165, 1.54) is 6.07 Å². The fourth-order valence-corrected chi connectivity index (χ4v) is 1.73. The van der Waals surface area contributed by atoms with Gasteiger partial charge in [0.2, 0.25) is 0 Å². The van der Waals surface area contributed by atoms with Crippen molar-refractivity contribution in [1.29, 1.82) is 0 Å². The topological polar surface area (TPSA) is 21.3 Å². The van der Waals surface area contributed by atoms with Gasteiger partial charge in [0.25, 0.3) is 0 Å². The molecule has 2 nitrogen and oxygen atoms in total. The Labute approximate surface area is 108 Å². The minimum atomic E-state index is -2.80. The highest BCUT2D eigenvalue weighted by Crippen LogP contribution is 2.27. The highest BCUT2D eigenvalue weighted by Gasteiger charge is 2.11. The average molecular weight is 308 g/mol. The summed E-state index contributed by atoms with van der Waals surface area (Å²) in [6, 6.07) is 5.08. The van der Waals surface area contributed by atoms with Gasteiger partial charge in [-0.15, -0.1) is 0 Å². The van der Waals surface area contributed by atoms with Gasteiger partial charge in [0.15, 0.2) is 0 Å². The fraction of sp³-hybridized carbons (Fsp3) is 0.500. The van der Waals surface area contributed by atoms with Crippen LogP contribution in [-0.4, -0.2) is 12.2 Å². The van der Waals surface area contributed by atoms with Gasteiger partial charge in [-0.1, -0.05) is 6.07 Å². The van der Waals surface area contributed by atoms with Crippen LogP contribution in [0.25, 0.3) is 0 Å². The van der Waals surface area contributed by atoms with E-state index in [-0.39, 0.29) is 11.3 Å². The van der Waals surface area contributed by atoms with Crippen molar-refractivity contribution < 1.29 is 13.5 Å². The molecule has 0 amide bonds. The van der Waals surface area contributed by atoms with Crippen LogP contribution in [0.15, 0.2) is 22.7 Å². The molecule has 0 heterocycles. The summed E-state index contributed by atoms with van der Waals surface area (Å²) in [7, 11) is 0. The predicted octanol–water partition coefficient (Wildman–Crippen LogP) is 3.94. The van der Waals surface area contributed by atoms with Gasteiger partial charge in [-0.2, -0.15) is 8.78 Å². The van der Waals surface area contributed by atoms with Crippen LogP contribution in [0.2, 0.25) is 0 Å². The third kappa shape index (κ3) is 5.46. The van der Waals surface area contributed by atoms with Gasteiger partial charge in [0.1, 0.15) is 5.75 Å². The average Bonchev–Trinajstić information content (AvgIpc) is 2.17. The Morgan fingerprint density at radius 1 is 1.35 bits per heavy atom. The summed E-state index contributed by atoms with van der Waals surface area (Å²) >= 11 is 3.21. The number of ether oxygens (including phenoxy) is 1. The first kappa shape index (κ1) is 14.4. The molecule has 0 radical (unpaired) electrons. The maximum Gasteiger partial charge on any atom is 0.387 e. The van der Waals surface area contributed by atoms with Crippen LogP contribution in [0.5, 0.6) is 5.75 Å². The SMILES string of the molecule is CC(C)(C)NCc1ccc(OC(F)F)c(Br)c1. The van der Waals surface area contributed by atoms with Crippen molar-refractivity contribution in [2.75, 3.05) is 0 Å². The van der Waals surface area contributed by atoms with E-state index in [2.05, 4.69) is 46.8 Å². The zero-order valence-corrected chi connectivity index (χ0v) is 11.6. The van der Waals surface area contributed by atoms with E-state index < -0.39 is 6.61 Å². The number of hydrogen-bond acceptors (Lipinski definition) is 2. The summed E-state index contributed by atoms with van der Waals surface area (Å²) < 4.78 is 29.0. The van der Waals surface area contributed by atoms with Gasteiger partial charge in [-0.3, -0.25) is 0 Å². The first-order valence-corrected chi connectivity index (χ1v) is 6.05. The molecular formula is C12H16BrF2NO. The lowest BCUT2D eigenvalue weighted by molar-refractivity contribution is -0.0503. The number of benzene rings is 1. The molecule has 1 N–H and O–H groups in total. The van der Waals surface area contributed by atoms with E-state index in [0.29, 0.717) is 11.0 Å². The van der Waals surface area contributed by atoms with Gasteiger partial charge < -0.3 is 10.1 Å². The lowest BCUT2D eigenvalue weighted by Gasteiger charge is -2.20. The zero-order valence-electron chi connectivity index (χ0n) is 10.1. The second-order valence-electron chi connectivity index (χ2n) is 4.75. The Bertz CT molecular complexity index is 377. The fourth-order valence-electron chi connectivity index (χ4n) is 1.21. The number of alkyl halides is 2. The second-order valence-corrected chi connectivity index (χ2v) is 5.60. The maximum absolute atomic E-state index is 12.0. The van der Waals surface area contributed by atoms with Gasteiger partial charge >= 0.3 is 6.61 Å². The van der Waals surface area contributed by atoms with Crippen molar-refractivity contribution >= 4 is 15.9 Å². The number of halogens is 3. The van der Waals surface area contributed by atoms with Crippen LogP contribution in [0.4, 0.5) is 8.78 Å². The van der Waals surface area contributed by atoms with E-state index in [1.807, 2.05) is 0 Å². The lowest BCUT2D eigenvalue weighted by Crippen LogP contribution is -2.35. The molecule has 96 valence electrons. The van der Waals surface area contributed by atoms with Gasteiger partial charge in [0.05, 0.1) is 4.47 Å². The monoisotopic (exact) mass is 307 g/mol. The molecule has 0 fully saturated rings. The molecule has 1 aromatic rings. The zero-order chi connectivity index (χ0) is 13.1. The highest BCUT2D eigenvalue weighted by molar-refractivity contribution is 9.10. The number of hydrogen-bond donors (Lipinski definition) is 1. The van der Waals surface area contributed by atoms with Gasteiger partial charge in [-0.25, -0.2) is 0 Å². The van der Waals surface area contributed by atoms with E-state index in [4.69, 9.17) is 0 Å². The molecule has 17 heavy (non-hydrogen) atoms. The molecule has 0 aliphatic heterocycles. The maximum atomic E-state index is 12.0. The van der Waals surface area contributed by atoms with Crippen molar-refractivity contribution in [3.63, 3.8) is 0 Å². The highest BCUT2D eigenvalue weighted by atomic mass is 79.9. The molecule has 0 bridgehead atoms. The summed E-state index contributed by atoms with van der Waals surface area (Å²) in [4.78, 5) is 0. The van der Waals surface area contributed by atoms with Crippen LogP contribution in [0.3, 0.4) is 0 Å². The third-order valence-electron chi connectivity index (χ3n) is 2.04. The third-order valence-corrected chi connectivity index (χ3v) is 2.65. The van der Waals surface area contributed by atoms with Crippen molar-refractivity contribution in [3.8, 4) is 5.75 Å². The number of nitrogens with one attached hydrogen (secondary N) is 1. The molecule has 0 saturated heterocycles. The summed E-state index contributed by atoms with van der Waals surface area (Å²) in [5.41, 5.74) is 1.03. The molecule has 1 aromatic carbocycles. The van der Waals surface area contributed by atoms with Crippen LogP contribution in [-0.2, 0) is 6.54 Å². The lowest BCUT2D eigenvalue weighted by atomic mass is 10.1. The van der Waals surface area contributed by atoms with E-state index in [9.17, 15) is 8.78 Å². The molecule has 0 aromatic heterocycles. The van der Waals surface area contributed by atoms with E-state index >= 15 is 0 Å². The molecule has 0 atom stereocenters. The minimum Gasteiger partial charge on any atom is -0.434 e. The second kappa shape index (κ2) is 5.78. The smallest absolute Gasteiger partial charge is 0.387 e. The normalized spacial score (nSPS) is 11.9. The molecule has 1 rings (SSSR count). The Hall–Kier alpha value is -0.680. The molecule has 0 aliphatic rings. The van der Waals surface area contributed by atoms with Crippen molar-refractivity contribution in [3.05, 3.63) is 28.2 Å². The molecule has 0 saturated carbocycles. The first-order valence-electron chi connectivity index (χ1n) is 5.26. The Morgan fingerprint density at radius 3 is 2.47 bits per heavy atom. The largest absolute Gasteiger partial charge is 0.434 e. The van der Waals surface area contributed by atoms with Gasteiger partial charge in [0, 0.05) is 12.1 Å². The van der Waals surface area contributed by atoms with Crippen LogP contribution < -0.4 is 10.1 Å². The van der Waals surface area contributed by atoms with Crippen LogP contribution >= 0.6 is 15.9 Å². The Kier molecular flexibility index (Phi) is 4.89. The summed E-state index contributed by atoms with van der Waals surface area (Å²) in [6.07, 6.45) is 0. The van der Waals surface area contributed by atoms with Crippen molar-refractivity contribution in [2.45, 2.75) is 39.5 Å². The molecule has 0 aliphatic carbocycles. The first-order chi connectivity index (χ1) is 7.78. The van der Waals surface area contributed by atoms with Crippen molar-refractivity contribution in [1.82, 2.24) is 5.32 Å². The molecule has 5 heteroatoms. The molecule has 0 spiro atoms. The van der Waals surface area contributed by atoms with Gasteiger partial charge in [-0.05, 0) is 54.4 Å². The Morgan fingerprint density at radius 2 is 2.00 bits per heavy atom. The standard InChI is InChI=1S/C12H16BrF2NO/c1-12(2,3)16-7-8-4-5-10(9(13)6-8)17-11(14)15/h4-6,11,16H,7H2,1-3H3. The molecule has 0 unspecified atom stereocenters. The Balaban J connectivity index is 2.68. The van der Waals surface area contributed by atoms with E-state index in [1.54, 1.807) is 12.1 Å². The molecular weight excluding hydrogens is 292 g/mol. The quantitative estimate of drug-likeness (QED) is 0.910. The summed E-state index contributed by atoms with van der Waals surface area (Å²) in [5, 5.41) is 3.32. The summed E-state index contributed by atoms with van der Waals surface area (Å²) in [5.74, 6) is 0.152. The van der Waals surface area contributed by atoms with Crippen LogP contribution in [0.1, 0.15) is 26.3 Å². The van der Waals surface area contributed by atoms with Crippen molar-refractivity contribution in [2.24, 2.45) is 0 Å². The summed E-state index contributed by atoms with van der Waals surface area (Å²) in [6.45, 7) is 4.07. The predicted molar refractivity (Wildman–Crippen MR) is 67.4 cm³/mol. The number of rotatable bonds is 4. The minimum absolute atomic E-state index is 0.0185. The van der Waals surface area contributed by atoms with E-state index in [0.717, 1.165) is 5.56 Å². The van der Waals surface area contributed by atoms with Crippen LogP contribution in [0, 0.1) is 0 Å².